The van der Waals surface area contributed by atoms with Gasteiger partial charge in [-0.1, -0.05) is 35.9 Å². The van der Waals surface area contributed by atoms with E-state index in [0.717, 1.165) is 0 Å². The Morgan fingerprint density at radius 3 is 2.26 bits per heavy atom. The fraction of sp³-hybridized carbons (Fsp3) is 0. The van der Waals surface area contributed by atoms with Crippen LogP contribution in [-0.4, -0.2) is 9.78 Å². The number of hydrogen-bond acceptors (Lipinski definition) is 2. The summed E-state index contributed by atoms with van der Waals surface area (Å²) < 4.78 is 1.17. The minimum Gasteiger partial charge on any atom is -0.267 e. The van der Waals surface area contributed by atoms with Crippen LogP contribution in [0.15, 0.2) is 58.1 Å². The van der Waals surface area contributed by atoms with Gasteiger partial charge in [-0.05, 0) is 24.3 Å². The molecule has 4 nitrogen and oxygen atoms in total. The SMILES string of the molecule is O=c1[nH]n(-c2ccccc2Cl)c(=O)c2ccccc12. The molecule has 19 heavy (non-hydrogen) atoms. The molecular weight excluding hydrogens is 264 g/mol. The summed E-state index contributed by atoms with van der Waals surface area (Å²) in [5, 5.41) is 3.68. The monoisotopic (exact) mass is 272 g/mol. The standard InChI is InChI=1S/C14H9ClN2O2/c15-11-7-3-4-8-12(11)17-14(19)10-6-2-1-5-9(10)13(18)16-17/h1-8H,(H,16,18). The average Bonchev–Trinajstić information content (AvgIpc) is 2.44. The molecule has 3 rings (SSSR count). The molecule has 0 atom stereocenters. The second-order valence-electron chi connectivity index (χ2n) is 4.08. The fourth-order valence-corrected chi connectivity index (χ4v) is 2.22. The molecule has 0 radical (unpaired) electrons. The van der Waals surface area contributed by atoms with Gasteiger partial charge in [0.1, 0.15) is 0 Å². The first-order valence-electron chi connectivity index (χ1n) is 5.67. The van der Waals surface area contributed by atoms with Crippen LogP contribution in [0.4, 0.5) is 0 Å². The Bertz CT molecular complexity index is 880. The molecule has 0 saturated carbocycles. The van der Waals surface area contributed by atoms with Crippen LogP contribution in [0.3, 0.4) is 0 Å². The van der Waals surface area contributed by atoms with E-state index in [1.165, 1.54) is 4.68 Å². The second-order valence-corrected chi connectivity index (χ2v) is 4.49. The van der Waals surface area contributed by atoms with Crippen LogP contribution in [0.25, 0.3) is 16.5 Å². The van der Waals surface area contributed by atoms with Gasteiger partial charge in [-0.2, -0.15) is 0 Å². The van der Waals surface area contributed by atoms with E-state index in [1.54, 1.807) is 48.5 Å². The first-order chi connectivity index (χ1) is 9.18. The summed E-state index contributed by atoms with van der Waals surface area (Å²) in [4.78, 5) is 24.3. The molecule has 1 N–H and O–H groups in total. The van der Waals surface area contributed by atoms with Crippen LogP contribution < -0.4 is 11.1 Å². The van der Waals surface area contributed by atoms with Crippen molar-refractivity contribution in [3.63, 3.8) is 0 Å². The lowest BCUT2D eigenvalue weighted by Gasteiger charge is -2.08. The van der Waals surface area contributed by atoms with Gasteiger partial charge in [0.2, 0.25) is 0 Å². The zero-order valence-electron chi connectivity index (χ0n) is 9.76. The molecular formula is C14H9ClN2O2. The highest BCUT2D eigenvalue weighted by Crippen LogP contribution is 2.17. The largest absolute Gasteiger partial charge is 0.277 e. The van der Waals surface area contributed by atoms with E-state index >= 15 is 0 Å². The van der Waals surface area contributed by atoms with E-state index in [4.69, 9.17) is 11.6 Å². The molecule has 0 bridgehead atoms. The van der Waals surface area contributed by atoms with Crippen molar-refractivity contribution >= 4 is 22.4 Å². The molecule has 3 aromatic rings. The Kier molecular flexibility index (Phi) is 2.72. The van der Waals surface area contributed by atoms with Gasteiger partial charge in [0.25, 0.3) is 11.1 Å². The lowest BCUT2D eigenvalue weighted by Crippen LogP contribution is -2.28. The summed E-state index contributed by atoms with van der Waals surface area (Å²) >= 11 is 6.05. The number of para-hydroxylation sites is 1. The van der Waals surface area contributed by atoms with Gasteiger partial charge in [-0.3, -0.25) is 14.7 Å². The number of rotatable bonds is 1. The molecule has 0 unspecified atom stereocenters. The third-order valence-corrected chi connectivity index (χ3v) is 3.23. The summed E-state index contributed by atoms with van der Waals surface area (Å²) in [7, 11) is 0. The first-order valence-corrected chi connectivity index (χ1v) is 6.05. The van der Waals surface area contributed by atoms with Gasteiger partial charge in [0.15, 0.2) is 0 Å². The van der Waals surface area contributed by atoms with E-state index < -0.39 is 0 Å². The van der Waals surface area contributed by atoms with Gasteiger partial charge in [0.05, 0.1) is 21.5 Å². The number of fused-ring (bicyclic) bond motifs is 1. The highest BCUT2D eigenvalue weighted by molar-refractivity contribution is 6.32. The predicted molar refractivity (Wildman–Crippen MR) is 75.2 cm³/mol. The van der Waals surface area contributed by atoms with Crippen LogP contribution >= 0.6 is 11.6 Å². The minimum atomic E-state index is -0.324. The topological polar surface area (TPSA) is 54.9 Å². The fourth-order valence-electron chi connectivity index (χ4n) is 2.00. The van der Waals surface area contributed by atoms with Crippen molar-refractivity contribution in [1.82, 2.24) is 9.78 Å². The third-order valence-electron chi connectivity index (χ3n) is 2.91. The molecule has 0 aliphatic carbocycles. The molecule has 2 aromatic carbocycles. The zero-order chi connectivity index (χ0) is 13.4. The molecule has 0 saturated heterocycles. The van der Waals surface area contributed by atoms with Crippen molar-refractivity contribution < 1.29 is 0 Å². The van der Waals surface area contributed by atoms with Crippen molar-refractivity contribution in [3.8, 4) is 5.69 Å². The molecule has 0 spiro atoms. The van der Waals surface area contributed by atoms with Crippen molar-refractivity contribution in [2.75, 3.05) is 0 Å². The van der Waals surface area contributed by atoms with Crippen molar-refractivity contribution in [3.05, 3.63) is 74.3 Å². The highest BCUT2D eigenvalue weighted by atomic mass is 35.5. The third kappa shape index (κ3) is 1.86. The summed E-state index contributed by atoms with van der Waals surface area (Å²) in [5.74, 6) is 0. The Labute approximate surface area is 112 Å². The quantitative estimate of drug-likeness (QED) is 0.739. The van der Waals surface area contributed by atoms with Gasteiger partial charge in [0, 0.05) is 0 Å². The maximum absolute atomic E-state index is 12.4. The molecule has 94 valence electrons. The number of halogens is 1. The number of benzene rings is 2. The van der Waals surface area contributed by atoms with Gasteiger partial charge in [-0.15, -0.1) is 0 Å². The number of aromatic amines is 1. The number of nitrogens with one attached hydrogen (secondary N) is 1. The first kappa shape index (κ1) is 11.7. The smallest absolute Gasteiger partial charge is 0.267 e. The summed E-state index contributed by atoms with van der Waals surface area (Å²) in [6.07, 6.45) is 0. The normalized spacial score (nSPS) is 10.8. The molecule has 0 fully saturated rings. The van der Waals surface area contributed by atoms with Crippen LogP contribution in [0.1, 0.15) is 0 Å². The minimum absolute atomic E-state index is 0.302. The maximum Gasteiger partial charge on any atom is 0.277 e. The number of nitrogens with zero attached hydrogens (tertiary/aromatic N) is 1. The second kappa shape index (κ2) is 4.40. The van der Waals surface area contributed by atoms with Gasteiger partial charge < -0.3 is 0 Å². The Hall–Kier alpha value is -2.33. The van der Waals surface area contributed by atoms with Crippen molar-refractivity contribution in [1.29, 1.82) is 0 Å². The van der Waals surface area contributed by atoms with Crippen LogP contribution in [0.5, 0.6) is 0 Å². The highest BCUT2D eigenvalue weighted by Gasteiger charge is 2.09. The van der Waals surface area contributed by atoms with Crippen LogP contribution in [0, 0.1) is 0 Å². The molecule has 0 aliphatic rings. The predicted octanol–water partition coefficient (Wildman–Crippen LogP) is 2.33. The summed E-state index contributed by atoms with van der Waals surface area (Å²) in [6, 6.07) is 13.5. The average molecular weight is 273 g/mol. The lowest BCUT2D eigenvalue weighted by molar-refractivity contribution is 0.802. The Morgan fingerprint density at radius 2 is 1.53 bits per heavy atom. The molecule has 0 aliphatic heterocycles. The van der Waals surface area contributed by atoms with E-state index in [9.17, 15) is 9.59 Å². The van der Waals surface area contributed by atoms with Crippen molar-refractivity contribution in [2.45, 2.75) is 0 Å². The van der Waals surface area contributed by atoms with E-state index in [1.807, 2.05) is 0 Å². The lowest BCUT2D eigenvalue weighted by atomic mass is 10.2. The number of H-pyrrole nitrogens is 1. The van der Waals surface area contributed by atoms with Crippen LogP contribution in [-0.2, 0) is 0 Å². The molecule has 1 aromatic heterocycles. The van der Waals surface area contributed by atoms with Crippen molar-refractivity contribution in [2.24, 2.45) is 0 Å². The zero-order valence-corrected chi connectivity index (χ0v) is 10.5. The van der Waals surface area contributed by atoms with E-state index in [0.29, 0.717) is 21.5 Å². The molecule has 1 heterocycles. The Morgan fingerprint density at radius 1 is 0.895 bits per heavy atom. The van der Waals surface area contributed by atoms with Gasteiger partial charge in [-0.25, -0.2) is 4.68 Å². The maximum atomic E-state index is 12.4. The van der Waals surface area contributed by atoms with Gasteiger partial charge >= 0.3 is 0 Å². The van der Waals surface area contributed by atoms with E-state index in [2.05, 4.69) is 5.10 Å². The summed E-state index contributed by atoms with van der Waals surface area (Å²) in [5.41, 5.74) is -0.171. The summed E-state index contributed by atoms with van der Waals surface area (Å²) in [6.45, 7) is 0. The van der Waals surface area contributed by atoms with E-state index in [-0.39, 0.29) is 11.1 Å². The molecule has 0 amide bonds. The number of aromatic nitrogens is 2. The Balaban J connectivity index is 2.45. The molecule has 5 heteroatoms. The van der Waals surface area contributed by atoms with Crippen LogP contribution in [0.2, 0.25) is 5.02 Å². The number of hydrogen-bond donors (Lipinski definition) is 1.